The highest BCUT2D eigenvalue weighted by atomic mass is 35.5. The number of nitrogens with one attached hydrogen (secondary N) is 1. The van der Waals surface area contributed by atoms with E-state index < -0.39 is 0 Å². The van der Waals surface area contributed by atoms with Crippen LogP contribution in [0.25, 0.3) is 11.4 Å². The molecule has 0 fully saturated rings. The topological polar surface area (TPSA) is 78.6 Å². The largest absolute Gasteiger partial charge is 0.493 e. The highest BCUT2D eigenvalue weighted by Crippen LogP contribution is 2.38. The molecule has 2 rings (SSSR count). The molecular formula is C14H18ClN3O4. The Labute approximate surface area is 133 Å². The fraction of sp³-hybridized carbons (Fsp3) is 0.429. The Kier molecular flexibility index (Phi) is 6.00. The molecule has 0 aliphatic heterocycles. The minimum absolute atomic E-state index is 0.418. The van der Waals surface area contributed by atoms with Gasteiger partial charge in [0.2, 0.25) is 11.7 Å². The summed E-state index contributed by atoms with van der Waals surface area (Å²) in [7, 11) is 4.72. The first-order chi connectivity index (χ1) is 10.7. The first kappa shape index (κ1) is 16.5. The summed E-state index contributed by atoms with van der Waals surface area (Å²) < 4.78 is 20.6. The molecule has 8 heteroatoms. The third kappa shape index (κ3) is 3.88. The molecule has 1 aromatic heterocycles. The van der Waals surface area contributed by atoms with E-state index in [2.05, 4.69) is 15.5 Å². The normalized spacial score (nSPS) is 10.7. The lowest BCUT2D eigenvalue weighted by atomic mass is 10.2. The smallest absolute Gasteiger partial charge is 0.240 e. The van der Waals surface area contributed by atoms with Crippen LogP contribution in [-0.4, -0.2) is 44.6 Å². The molecular weight excluding hydrogens is 310 g/mol. The summed E-state index contributed by atoms with van der Waals surface area (Å²) in [5, 5.41) is 7.49. The summed E-state index contributed by atoms with van der Waals surface area (Å²) in [5.41, 5.74) is 0.689. The van der Waals surface area contributed by atoms with Crippen LogP contribution in [0.5, 0.6) is 11.5 Å². The minimum atomic E-state index is 0.418. The van der Waals surface area contributed by atoms with Crippen molar-refractivity contribution >= 4 is 11.6 Å². The fourth-order valence-corrected chi connectivity index (χ4v) is 2.15. The van der Waals surface area contributed by atoms with Crippen molar-refractivity contribution in [2.24, 2.45) is 0 Å². The second-order valence-electron chi connectivity index (χ2n) is 4.37. The number of rotatable bonds is 8. The lowest BCUT2D eigenvalue weighted by Crippen LogP contribution is -2.18. The van der Waals surface area contributed by atoms with Gasteiger partial charge in [0.25, 0.3) is 0 Å². The number of halogens is 1. The Morgan fingerprint density at radius 1 is 1.23 bits per heavy atom. The molecule has 0 saturated carbocycles. The molecule has 22 heavy (non-hydrogen) atoms. The molecule has 0 amide bonds. The van der Waals surface area contributed by atoms with Crippen molar-refractivity contribution in [1.82, 2.24) is 15.5 Å². The maximum atomic E-state index is 6.17. The van der Waals surface area contributed by atoms with E-state index in [1.807, 2.05) is 0 Å². The Balaban J connectivity index is 2.15. The lowest BCUT2D eigenvalue weighted by molar-refractivity contribution is 0.197. The molecule has 0 atom stereocenters. The van der Waals surface area contributed by atoms with E-state index in [4.69, 9.17) is 30.3 Å². The summed E-state index contributed by atoms with van der Waals surface area (Å²) in [6.07, 6.45) is 0. The van der Waals surface area contributed by atoms with Crippen LogP contribution in [-0.2, 0) is 11.3 Å². The van der Waals surface area contributed by atoms with E-state index in [0.717, 1.165) is 0 Å². The van der Waals surface area contributed by atoms with Crippen molar-refractivity contribution in [2.45, 2.75) is 6.54 Å². The van der Waals surface area contributed by atoms with Crippen LogP contribution in [0.1, 0.15) is 5.89 Å². The number of aromatic nitrogens is 2. The fourth-order valence-electron chi connectivity index (χ4n) is 1.86. The summed E-state index contributed by atoms with van der Waals surface area (Å²) >= 11 is 6.17. The van der Waals surface area contributed by atoms with Gasteiger partial charge in [-0.1, -0.05) is 16.8 Å². The van der Waals surface area contributed by atoms with Gasteiger partial charge in [0.1, 0.15) is 0 Å². The van der Waals surface area contributed by atoms with Crippen molar-refractivity contribution in [2.75, 3.05) is 34.5 Å². The summed E-state index contributed by atoms with van der Waals surface area (Å²) in [5.74, 6) is 1.90. The van der Waals surface area contributed by atoms with Gasteiger partial charge in [-0.2, -0.15) is 4.98 Å². The molecule has 0 unspecified atom stereocenters. The quantitative estimate of drug-likeness (QED) is 0.744. The van der Waals surface area contributed by atoms with Crippen LogP contribution >= 0.6 is 11.6 Å². The molecule has 1 aromatic carbocycles. The zero-order chi connectivity index (χ0) is 15.9. The van der Waals surface area contributed by atoms with Gasteiger partial charge in [-0.3, -0.25) is 0 Å². The average molecular weight is 328 g/mol. The molecule has 0 bridgehead atoms. The van der Waals surface area contributed by atoms with Crippen LogP contribution in [0, 0.1) is 0 Å². The van der Waals surface area contributed by atoms with Gasteiger partial charge >= 0.3 is 0 Å². The monoisotopic (exact) mass is 327 g/mol. The van der Waals surface area contributed by atoms with Crippen LogP contribution < -0.4 is 14.8 Å². The number of methoxy groups -OCH3 is 3. The zero-order valence-electron chi connectivity index (χ0n) is 12.7. The molecule has 0 saturated heterocycles. The average Bonchev–Trinajstić information content (AvgIpc) is 2.99. The van der Waals surface area contributed by atoms with Crippen molar-refractivity contribution in [3.8, 4) is 22.9 Å². The first-order valence-electron chi connectivity index (χ1n) is 6.63. The highest BCUT2D eigenvalue weighted by molar-refractivity contribution is 6.32. The van der Waals surface area contributed by atoms with E-state index in [0.29, 0.717) is 53.5 Å². The standard InChI is InChI=1S/C14H18ClN3O4/c1-19-5-4-16-8-12-17-14(18-22-12)9-6-10(15)13(21-3)11(7-9)20-2/h6-7,16H,4-5,8H2,1-3H3. The van der Waals surface area contributed by atoms with Gasteiger partial charge < -0.3 is 24.1 Å². The maximum Gasteiger partial charge on any atom is 0.240 e. The number of hydrogen-bond donors (Lipinski definition) is 1. The molecule has 7 nitrogen and oxygen atoms in total. The molecule has 1 N–H and O–H groups in total. The van der Waals surface area contributed by atoms with Crippen molar-refractivity contribution in [1.29, 1.82) is 0 Å². The van der Waals surface area contributed by atoms with Gasteiger partial charge in [-0.05, 0) is 12.1 Å². The van der Waals surface area contributed by atoms with Gasteiger partial charge in [0.05, 0.1) is 32.4 Å². The van der Waals surface area contributed by atoms with E-state index in [-0.39, 0.29) is 0 Å². The Morgan fingerprint density at radius 3 is 2.73 bits per heavy atom. The van der Waals surface area contributed by atoms with Crippen LogP contribution in [0.15, 0.2) is 16.7 Å². The molecule has 2 aromatic rings. The van der Waals surface area contributed by atoms with Gasteiger partial charge in [-0.25, -0.2) is 0 Å². The van der Waals surface area contributed by atoms with Crippen LogP contribution in [0.2, 0.25) is 5.02 Å². The lowest BCUT2D eigenvalue weighted by Gasteiger charge is -2.10. The predicted molar refractivity (Wildman–Crippen MR) is 81.4 cm³/mol. The molecule has 0 spiro atoms. The van der Waals surface area contributed by atoms with E-state index >= 15 is 0 Å². The predicted octanol–water partition coefficient (Wildman–Crippen LogP) is 2.14. The van der Waals surface area contributed by atoms with Crippen LogP contribution in [0.3, 0.4) is 0 Å². The van der Waals surface area contributed by atoms with Crippen molar-refractivity contribution in [3.63, 3.8) is 0 Å². The summed E-state index contributed by atoms with van der Waals surface area (Å²) in [6.45, 7) is 1.79. The Bertz CT molecular complexity index is 618. The number of nitrogens with zero attached hydrogens (tertiary/aromatic N) is 2. The molecule has 120 valence electrons. The SMILES string of the molecule is COCCNCc1nc(-c2cc(Cl)c(OC)c(OC)c2)no1. The Hall–Kier alpha value is -1.83. The van der Waals surface area contributed by atoms with Gasteiger partial charge in [0.15, 0.2) is 11.5 Å². The number of ether oxygens (including phenoxy) is 3. The summed E-state index contributed by atoms with van der Waals surface area (Å²) in [6, 6.07) is 3.45. The van der Waals surface area contributed by atoms with Crippen LogP contribution in [0.4, 0.5) is 0 Å². The second-order valence-corrected chi connectivity index (χ2v) is 4.78. The zero-order valence-corrected chi connectivity index (χ0v) is 13.4. The highest BCUT2D eigenvalue weighted by Gasteiger charge is 2.15. The molecule has 0 aliphatic carbocycles. The number of benzene rings is 1. The second kappa shape index (κ2) is 7.98. The molecule has 0 aliphatic rings. The molecule has 0 radical (unpaired) electrons. The Morgan fingerprint density at radius 2 is 2.05 bits per heavy atom. The van der Waals surface area contributed by atoms with E-state index in [1.165, 1.54) is 7.11 Å². The van der Waals surface area contributed by atoms with E-state index in [1.54, 1.807) is 26.4 Å². The summed E-state index contributed by atoms with van der Waals surface area (Å²) in [4.78, 5) is 4.31. The van der Waals surface area contributed by atoms with Gasteiger partial charge in [-0.15, -0.1) is 0 Å². The molecule has 1 heterocycles. The van der Waals surface area contributed by atoms with Crippen molar-refractivity contribution < 1.29 is 18.7 Å². The first-order valence-corrected chi connectivity index (χ1v) is 7.01. The third-order valence-corrected chi connectivity index (χ3v) is 3.20. The third-order valence-electron chi connectivity index (χ3n) is 2.92. The van der Waals surface area contributed by atoms with Crippen molar-refractivity contribution in [3.05, 3.63) is 23.0 Å². The maximum absolute atomic E-state index is 6.17. The minimum Gasteiger partial charge on any atom is -0.493 e. The van der Waals surface area contributed by atoms with Gasteiger partial charge in [0, 0.05) is 19.2 Å². The number of hydrogen-bond acceptors (Lipinski definition) is 7. The van der Waals surface area contributed by atoms with E-state index in [9.17, 15) is 0 Å².